The number of likely N-dealkylation sites (tertiary alicyclic amines) is 1. The van der Waals surface area contributed by atoms with Gasteiger partial charge in [-0.15, -0.1) is 0 Å². The fourth-order valence-corrected chi connectivity index (χ4v) is 2.14. The molecule has 1 saturated heterocycles. The molecule has 1 aromatic rings. The van der Waals surface area contributed by atoms with E-state index in [0.29, 0.717) is 12.0 Å². The Hall–Kier alpha value is -1.56. The standard InChI is InChI=1S/C11H20N6/c1-13-9-6-10(16-11(12)15-9)14-7-8-4-3-5-17(8)2/h6,8H,3-5,7H2,1-2H3,(H4,12,13,14,15,16). The fourth-order valence-electron chi connectivity index (χ4n) is 2.14. The number of nitrogens with zero attached hydrogens (tertiary/aromatic N) is 3. The zero-order valence-electron chi connectivity index (χ0n) is 10.4. The third kappa shape index (κ3) is 2.97. The van der Waals surface area contributed by atoms with Gasteiger partial charge in [-0.2, -0.15) is 9.97 Å². The molecule has 0 aliphatic carbocycles. The number of hydrogen-bond donors (Lipinski definition) is 3. The summed E-state index contributed by atoms with van der Waals surface area (Å²) in [5, 5.41) is 6.28. The topological polar surface area (TPSA) is 79.1 Å². The quantitative estimate of drug-likeness (QED) is 0.710. The second kappa shape index (κ2) is 5.18. The third-order valence-electron chi connectivity index (χ3n) is 3.19. The van der Waals surface area contributed by atoms with Gasteiger partial charge in [-0.3, -0.25) is 0 Å². The van der Waals surface area contributed by atoms with Gasteiger partial charge in [0.25, 0.3) is 0 Å². The van der Waals surface area contributed by atoms with Gasteiger partial charge in [0, 0.05) is 25.7 Å². The number of nitrogens with two attached hydrogens (primary N) is 1. The van der Waals surface area contributed by atoms with Crippen LogP contribution in [0, 0.1) is 0 Å². The van der Waals surface area contributed by atoms with Crippen LogP contribution in [0.3, 0.4) is 0 Å². The predicted octanol–water partition coefficient (Wildman–Crippen LogP) is 0.607. The third-order valence-corrected chi connectivity index (χ3v) is 3.19. The van der Waals surface area contributed by atoms with Crippen molar-refractivity contribution < 1.29 is 0 Å². The largest absolute Gasteiger partial charge is 0.373 e. The molecule has 0 aromatic carbocycles. The zero-order valence-corrected chi connectivity index (χ0v) is 10.4. The highest BCUT2D eigenvalue weighted by atomic mass is 15.2. The van der Waals surface area contributed by atoms with Crippen LogP contribution in [0.25, 0.3) is 0 Å². The molecule has 4 N–H and O–H groups in total. The SMILES string of the molecule is CNc1cc(NCC2CCCN2C)nc(N)n1. The maximum absolute atomic E-state index is 5.63. The summed E-state index contributed by atoms with van der Waals surface area (Å²) in [4.78, 5) is 10.6. The van der Waals surface area contributed by atoms with Crippen molar-refractivity contribution in [2.75, 3.05) is 43.6 Å². The molecule has 1 aromatic heterocycles. The first-order valence-corrected chi connectivity index (χ1v) is 5.95. The van der Waals surface area contributed by atoms with Gasteiger partial charge in [0.05, 0.1) is 0 Å². The second-order valence-corrected chi connectivity index (χ2v) is 4.40. The minimum Gasteiger partial charge on any atom is -0.373 e. The molecule has 0 radical (unpaired) electrons. The summed E-state index contributed by atoms with van der Waals surface area (Å²) in [5.41, 5.74) is 5.63. The molecule has 1 fully saturated rings. The van der Waals surface area contributed by atoms with Crippen LogP contribution in [0.4, 0.5) is 17.6 Å². The summed E-state index contributed by atoms with van der Waals surface area (Å²) in [7, 11) is 3.98. The first-order valence-electron chi connectivity index (χ1n) is 5.95. The molecule has 6 heteroatoms. The van der Waals surface area contributed by atoms with Gasteiger partial charge in [0.1, 0.15) is 11.6 Å². The highest BCUT2D eigenvalue weighted by molar-refractivity contribution is 5.50. The van der Waals surface area contributed by atoms with E-state index in [1.165, 1.54) is 19.4 Å². The number of likely N-dealkylation sites (N-methyl/N-ethyl adjacent to an activating group) is 1. The Labute approximate surface area is 102 Å². The lowest BCUT2D eigenvalue weighted by Gasteiger charge is -2.20. The minimum absolute atomic E-state index is 0.291. The van der Waals surface area contributed by atoms with Crippen LogP contribution in [0.5, 0.6) is 0 Å². The molecule has 2 heterocycles. The van der Waals surface area contributed by atoms with Crippen LogP contribution >= 0.6 is 0 Å². The number of nitrogen functional groups attached to an aromatic ring is 1. The first-order chi connectivity index (χ1) is 8.19. The van der Waals surface area contributed by atoms with Crippen molar-refractivity contribution in [3.8, 4) is 0 Å². The molecule has 2 rings (SSSR count). The summed E-state index contributed by atoms with van der Waals surface area (Å²) in [5.74, 6) is 1.81. The van der Waals surface area contributed by atoms with Crippen LogP contribution in [0.1, 0.15) is 12.8 Å². The monoisotopic (exact) mass is 236 g/mol. The van der Waals surface area contributed by atoms with Gasteiger partial charge >= 0.3 is 0 Å². The smallest absolute Gasteiger partial charge is 0.223 e. The van der Waals surface area contributed by atoms with Gasteiger partial charge in [-0.05, 0) is 26.4 Å². The van der Waals surface area contributed by atoms with Crippen molar-refractivity contribution in [2.45, 2.75) is 18.9 Å². The van der Waals surface area contributed by atoms with E-state index in [0.717, 1.165) is 18.2 Å². The van der Waals surface area contributed by atoms with Crippen LogP contribution in [-0.2, 0) is 0 Å². The molecule has 94 valence electrons. The van der Waals surface area contributed by atoms with Crippen LogP contribution in [0.2, 0.25) is 0 Å². The summed E-state index contributed by atoms with van der Waals surface area (Å²) in [6, 6.07) is 2.45. The number of aromatic nitrogens is 2. The molecule has 1 unspecified atom stereocenters. The molecule has 0 spiro atoms. The van der Waals surface area contributed by atoms with Crippen molar-refractivity contribution in [2.24, 2.45) is 0 Å². The molecular weight excluding hydrogens is 216 g/mol. The van der Waals surface area contributed by atoms with Crippen LogP contribution in [-0.4, -0.2) is 48.1 Å². The number of rotatable bonds is 4. The van der Waals surface area contributed by atoms with Gasteiger partial charge in [0.2, 0.25) is 5.95 Å². The summed E-state index contributed by atoms with van der Waals surface area (Å²) >= 11 is 0. The number of anilines is 3. The molecule has 0 bridgehead atoms. The molecule has 6 nitrogen and oxygen atoms in total. The summed E-state index contributed by atoms with van der Waals surface area (Å²) in [6.45, 7) is 2.08. The average molecular weight is 236 g/mol. The van der Waals surface area contributed by atoms with E-state index in [-0.39, 0.29) is 0 Å². The lowest BCUT2D eigenvalue weighted by Crippen LogP contribution is -2.31. The van der Waals surface area contributed by atoms with Crippen molar-refractivity contribution in [3.63, 3.8) is 0 Å². The first kappa shape index (κ1) is 11.9. The number of nitrogens with one attached hydrogen (secondary N) is 2. The van der Waals surface area contributed by atoms with Crippen LogP contribution in [0.15, 0.2) is 6.07 Å². The Morgan fingerprint density at radius 2 is 2.24 bits per heavy atom. The van der Waals surface area contributed by atoms with Gasteiger partial charge in [-0.1, -0.05) is 0 Å². The van der Waals surface area contributed by atoms with E-state index in [2.05, 4.69) is 32.5 Å². The maximum Gasteiger partial charge on any atom is 0.223 e. The maximum atomic E-state index is 5.63. The van der Waals surface area contributed by atoms with Crippen LogP contribution < -0.4 is 16.4 Å². The Bertz CT molecular complexity index is 380. The van der Waals surface area contributed by atoms with Crippen molar-refractivity contribution in [3.05, 3.63) is 6.07 Å². The minimum atomic E-state index is 0.291. The fraction of sp³-hybridized carbons (Fsp3) is 0.636. The lowest BCUT2D eigenvalue weighted by molar-refractivity contribution is 0.322. The molecular formula is C11H20N6. The van der Waals surface area contributed by atoms with E-state index < -0.39 is 0 Å². The predicted molar refractivity (Wildman–Crippen MR) is 70.1 cm³/mol. The van der Waals surface area contributed by atoms with Gasteiger partial charge < -0.3 is 21.3 Å². The number of hydrogen-bond acceptors (Lipinski definition) is 6. The summed E-state index contributed by atoms with van der Waals surface area (Å²) < 4.78 is 0. The van der Waals surface area contributed by atoms with Crippen molar-refractivity contribution >= 4 is 17.6 Å². The molecule has 1 atom stereocenters. The average Bonchev–Trinajstić information content (AvgIpc) is 2.71. The highest BCUT2D eigenvalue weighted by Crippen LogP contribution is 2.16. The molecule has 1 aliphatic heterocycles. The molecule has 0 amide bonds. The Morgan fingerprint density at radius 3 is 2.88 bits per heavy atom. The second-order valence-electron chi connectivity index (χ2n) is 4.40. The Kier molecular flexibility index (Phi) is 3.63. The van der Waals surface area contributed by atoms with E-state index in [4.69, 9.17) is 5.73 Å². The highest BCUT2D eigenvalue weighted by Gasteiger charge is 2.20. The van der Waals surface area contributed by atoms with Gasteiger partial charge in [-0.25, -0.2) is 0 Å². The molecule has 17 heavy (non-hydrogen) atoms. The van der Waals surface area contributed by atoms with Gasteiger partial charge in [0.15, 0.2) is 0 Å². The van der Waals surface area contributed by atoms with E-state index in [9.17, 15) is 0 Å². The van der Waals surface area contributed by atoms with E-state index >= 15 is 0 Å². The molecule has 0 saturated carbocycles. The van der Waals surface area contributed by atoms with E-state index in [1.807, 2.05) is 13.1 Å². The van der Waals surface area contributed by atoms with Crippen molar-refractivity contribution in [1.82, 2.24) is 14.9 Å². The summed E-state index contributed by atoms with van der Waals surface area (Å²) in [6.07, 6.45) is 2.51. The zero-order chi connectivity index (χ0) is 12.3. The molecule has 1 aliphatic rings. The lowest BCUT2D eigenvalue weighted by atomic mass is 10.2. The Balaban J connectivity index is 1.96. The Morgan fingerprint density at radius 1 is 1.47 bits per heavy atom. The van der Waals surface area contributed by atoms with E-state index in [1.54, 1.807) is 0 Å². The normalized spacial score (nSPS) is 20.5. The van der Waals surface area contributed by atoms with Crippen molar-refractivity contribution in [1.29, 1.82) is 0 Å².